The van der Waals surface area contributed by atoms with Gasteiger partial charge in [-0.2, -0.15) is 5.26 Å². The van der Waals surface area contributed by atoms with Crippen LogP contribution in [-0.4, -0.2) is 48.2 Å². The molecule has 128 valence electrons. The van der Waals surface area contributed by atoms with E-state index in [9.17, 15) is 4.79 Å². The lowest BCUT2D eigenvalue weighted by Gasteiger charge is -2.29. The number of nitrogens with one attached hydrogen (secondary N) is 1. The molecule has 1 aliphatic heterocycles. The van der Waals surface area contributed by atoms with Crippen LogP contribution in [0.4, 0.5) is 0 Å². The summed E-state index contributed by atoms with van der Waals surface area (Å²) < 4.78 is 5.79. The summed E-state index contributed by atoms with van der Waals surface area (Å²) in [5, 5.41) is 12.6. The molecule has 1 amide bonds. The summed E-state index contributed by atoms with van der Waals surface area (Å²) in [5.41, 5.74) is 0.0596. The Labute approximate surface area is 139 Å². The second-order valence-electron chi connectivity index (χ2n) is 7.77. The van der Waals surface area contributed by atoms with E-state index in [4.69, 9.17) is 10.00 Å². The molecule has 2 saturated carbocycles. The van der Waals surface area contributed by atoms with Crippen molar-refractivity contribution in [3.8, 4) is 6.07 Å². The molecule has 0 aromatic rings. The number of nitrogens with zero attached hydrogens (tertiary/aromatic N) is 2. The van der Waals surface area contributed by atoms with E-state index in [0.29, 0.717) is 12.6 Å². The van der Waals surface area contributed by atoms with Gasteiger partial charge in [-0.05, 0) is 64.2 Å². The minimum atomic E-state index is -0.216. The molecule has 1 N–H and O–H groups in total. The van der Waals surface area contributed by atoms with Gasteiger partial charge in [-0.1, -0.05) is 0 Å². The van der Waals surface area contributed by atoms with Crippen molar-refractivity contribution < 1.29 is 9.53 Å². The molecule has 5 heteroatoms. The fraction of sp³-hybridized carbons (Fsp3) is 0.889. The van der Waals surface area contributed by atoms with Crippen molar-refractivity contribution in [2.24, 2.45) is 11.8 Å². The molecule has 5 atom stereocenters. The minimum absolute atomic E-state index is 0.0596. The number of hydrogen-bond donors (Lipinski definition) is 1. The summed E-state index contributed by atoms with van der Waals surface area (Å²) in [6.45, 7) is 6.22. The number of hydrogen-bond acceptors (Lipinski definition) is 4. The van der Waals surface area contributed by atoms with E-state index < -0.39 is 0 Å². The minimum Gasteiger partial charge on any atom is -0.378 e. The highest BCUT2D eigenvalue weighted by atomic mass is 16.5. The van der Waals surface area contributed by atoms with Crippen LogP contribution in [0.25, 0.3) is 0 Å². The molecule has 0 spiro atoms. The van der Waals surface area contributed by atoms with E-state index >= 15 is 0 Å². The Morgan fingerprint density at radius 3 is 2.70 bits per heavy atom. The van der Waals surface area contributed by atoms with E-state index in [-0.39, 0.29) is 17.5 Å². The highest BCUT2D eigenvalue weighted by Gasteiger charge is 2.47. The fourth-order valence-electron chi connectivity index (χ4n) is 5.00. The number of fused-ring (bicyclic) bond motifs is 1. The first-order valence-corrected chi connectivity index (χ1v) is 9.10. The first-order valence-electron chi connectivity index (χ1n) is 9.10. The third-order valence-corrected chi connectivity index (χ3v) is 6.01. The Kier molecular flexibility index (Phi) is 4.93. The average Bonchev–Trinajstić information content (AvgIpc) is 3.18. The largest absolute Gasteiger partial charge is 0.378 e. The van der Waals surface area contributed by atoms with Gasteiger partial charge in [0, 0.05) is 18.7 Å². The summed E-state index contributed by atoms with van der Waals surface area (Å²) in [6.07, 6.45) is 6.83. The van der Waals surface area contributed by atoms with Gasteiger partial charge in [0.05, 0.1) is 18.7 Å². The summed E-state index contributed by atoms with van der Waals surface area (Å²) in [7, 11) is 0. The molecule has 3 aliphatic rings. The average molecular weight is 319 g/mol. The first kappa shape index (κ1) is 16.7. The van der Waals surface area contributed by atoms with Crippen LogP contribution in [-0.2, 0) is 9.53 Å². The second-order valence-corrected chi connectivity index (χ2v) is 7.77. The zero-order valence-corrected chi connectivity index (χ0v) is 14.4. The van der Waals surface area contributed by atoms with Crippen LogP contribution < -0.4 is 5.32 Å². The Balaban J connectivity index is 1.48. The zero-order chi connectivity index (χ0) is 16.4. The van der Waals surface area contributed by atoms with Gasteiger partial charge in [0.25, 0.3) is 0 Å². The molecule has 0 radical (unpaired) electrons. The molecule has 23 heavy (non-hydrogen) atoms. The molecule has 3 fully saturated rings. The van der Waals surface area contributed by atoms with Gasteiger partial charge < -0.3 is 15.0 Å². The number of carbonyl (C=O) groups excluding carboxylic acids is 1. The molecule has 0 bridgehead atoms. The van der Waals surface area contributed by atoms with Crippen molar-refractivity contribution in [3.05, 3.63) is 0 Å². The summed E-state index contributed by atoms with van der Waals surface area (Å²) in [5.74, 6) is 1.55. The normalized spacial score (nSPS) is 39.4. The lowest BCUT2D eigenvalue weighted by molar-refractivity contribution is -0.130. The van der Waals surface area contributed by atoms with Gasteiger partial charge >= 0.3 is 0 Å². The van der Waals surface area contributed by atoms with Crippen molar-refractivity contribution in [2.45, 2.75) is 70.1 Å². The van der Waals surface area contributed by atoms with Crippen LogP contribution in [0.15, 0.2) is 0 Å². The topological polar surface area (TPSA) is 65.4 Å². The molecule has 0 aromatic carbocycles. The molecule has 1 saturated heterocycles. The lowest BCUT2D eigenvalue weighted by Crippen LogP contribution is -2.48. The Bertz CT molecular complexity index is 473. The van der Waals surface area contributed by atoms with E-state index in [2.05, 4.69) is 25.2 Å². The molecular weight excluding hydrogens is 290 g/mol. The van der Waals surface area contributed by atoms with Gasteiger partial charge in [-0.3, -0.25) is 4.79 Å². The predicted octanol–water partition coefficient (Wildman–Crippen LogP) is 2.07. The lowest BCUT2D eigenvalue weighted by atomic mass is 9.95. The highest BCUT2D eigenvalue weighted by molar-refractivity contribution is 5.79. The summed E-state index contributed by atoms with van der Waals surface area (Å²) in [4.78, 5) is 14.1. The molecule has 3 unspecified atom stereocenters. The monoisotopic (exact) mass is 319 g/mol. The molecule has 2 aliphatic carbocycles. The van der Waals surface area contributed by atoms with E-state index in [1.54, 1.807) is 4.90 Å². The van der Waals surface area contributed by atoms with E-state index in [1.165, 1.54) is 12.8 Å². The number of amides is 1. The standard InChI is InChI=1S/C18H29N3O2/c1-3-23-16-7-13-9-18(2,10-14(13)8-16)20-12-17(22)21-6-4-5-15(21)11-19/h13-16,20H,3-10,12H2,1-2H3/t13-,14+,15?,16?,18?. The SMILES string of the molecule is CCOC1C[C@@H]2CC(C)(NCC(=O)N3CCCC3C#N)C[C@@H]2C1. The quantitative estimate of drug-likeness (QED) is 0.842. The van der Waals surface area contributed by atoms with Gasteiger partial charge in [0.2, 0.25) is 5.91 Å². The Morgan fingerprint density at radius 1 is 1.39 bits per heavy atom. The maximum atomic E-state index is 12.4. The second kappa shape index (κ2) is 6.78. The maximum absolute atomic E-state index is 12.4. The van der Waals surface area contributed by atoms with Crippen molar-refractivity contribution in [1.29, 1.82) is 5.26 Å². The Hall–Kier alpha value is -1.12. The number of rotatable bonds is 5. The third-order valence-electron chi connectivity index (χ3n) is 6.01. The number of nitriles is 1. The summed E-state index contributed by atoms with van der Waals surface area (Å²) >= 11 is 0. The van der Waals surface area contributed by atoms with Gasteiger partial charge in [-0.25, -0.2) is 0 Å². The fourth-order valence-corrected chi connectivity index (χ4v) is 5.00. The highest BCUT2D eigenvalue weighted by Crippen LogP contribution is 2.49. The zero-order valence-electron chi connectivity index (χ0n) is 14.4. The van der Waals surface area contributed by atoms with Crippen molar-refractivity contribution >= 4 is 5.91 Å². The molecule has 3 rings (SSSR count). The predicted molar refractivity (Wildman–Crippen MR) is 87.6 cm³/mol. The van der Waals surface area contributed by atoms with Gasteiger partial charge in [-0.15, -0.1) is 0 Å². The van der Waals surface area contributed by atoms with Crippen LogP contribution in [0, 0.1) is 23.2 Å². The van der Waals surface area contributed by atoms with Crippen LogP contribution in [0.2, 0.25) is 0 Å². The molecule has 5 nitrogen and oxygen atoms in total. The van der Waals surface area contributed by atoms with Crippen molar-refractivity contribution in [3.63, 3.8) is 0 Å². The third kappa shape index (κ3) is 3.54. The number of likely N-dealkylation sites (tertiary alicyclic amines) is 1. The van der Waals surface area contributed by atoms with Gasteiger partial charge in [0.1, 0.15) is 6.04 Å². The van der Waals surface area contributed by atoms with Crippen LogP contribution >= 0.6 is 0 Å². The smallest absolute Gasteiger partial charge is 0.237 e. The maximum Gasteiger partial charge on any atom is 0.237 e. The van der Waals surface area contributed by atoms with E-state index in [1.807, 2.05) is 0 Å². The van der Waals surface area contributed by atoms with E-state index in [0.717, 1.165) is 50.7 Å². The van der Waals surface area contributed by atoms with Crippen LogP contribution in [0.5, 0.6) is 0 Å². The molecular formula is C18H29N3O2. The van der Waals surface area contributed by atoms with Crippen LogP contribution in [0.1, 0.15) is 52.4 Å². The number of ether oxygens (including phenoxy) is 1. The Morgan fingerprint density at radius 2 is 2.09 bits per heavy atom. The number of carbonyl (C=O) groups is 1. The van der Waals surface area contributed by atoms with Gasteiger partial charge in [0.15, 0.2) is 0 Å². The molecule has 0 aromatic heterocycles. The van der Waals surface area contributed by atoms with Crippen molar-refractivity contribution in [2.75, 3.05) is 19.7 Å². The van der Waals surface area contributed by atoms with Crippen molar-refractivity contribution in [1.82, 2.24) is 10.2 Å². The summed E-state index contributed by atoms with van der Waals surface area (Å²) in [6, 6.07) is 2.03. The van der Waals surface area contributed by atoms with Crippen LogP contribution in [0.3, 0.4) is 0 Å². The first-order chi connectivity index (χ1) is 11.0. The molecule has 1 heterocycles.